The van der Waals surface area contributed by atoms with Crippen molar-refractivity contribution in [2.75, 3.05) is 13.2 Å². The number of aryl methyl sites for hydroxylation is 1. The Labute approximate surface area is 195 Å². The summed E-state index contributed by atoms with van der Waals surface area (Å²) in [5.74, 6) is -1.65. The molecule has 0 fully saturated rings. The van der Waals surface area contributed by atoms with Crippen molar-refractivity contribution in [2.45, 2.75) is 37.9 Å². The molecule has 1 aromatic heterocycles. The number of alkyl halides is 1. The van der Waals surface area contributed by atoms with Crippen molar-refractivity contribution in [1.29, 1.82) is 0 Å². The van der Waals surface area contributed by atoms with Crippen LogP contribution >= 0.6 is 15.9 Å². The fraction of sp³-hybridized carbons (Fsp3) is 0.320. The lowest BCUT2D eigenvalue weighted by Crippen LogP contribution is -2.45. The molecule has 0 unspecified atom stereocenters. The summed E-state index contributed by atoms with van der Waals surface area (Å²) in [5, 5.41) is 0.606. The van der Waals surface area contributed by atoms with Crippen molar-refractivity contribution in [3.05, 3.63) is 71.0 Å². The van der Waals surface area contributed by atoms with Crippen molar-refractivity contribution >= 4 is 44.6 Å². The topological polar surface area (TPSA) is 82.8 Å². The van der Waals surface area contributed by atoms with Gasteiger partial charge in [0, 0.05) is 17.4 Å². The van der Waals surface area contributed by atoms with Crippen LogP contribution in [0.4, 0.5) is 0 Å². The molecule has 168 valence electrons. The third kappa shape index (κ3) is 4.63. The first-order valence-corrected chi connectivity index (χ1v) is 11.3. The minimum Gasteiger partial charge on any atom is -0.464 e. The van der Waals surface area contributed by atoms with E-state index in [-0.39, 0.29) is 31.2 Å². The Hall–Kier alpha value is -2.93. The maximum atomic E-state index is 13.5. The molecule has 0 spiro atoms. The number of benzene rings is 2. The van der Waals surface area contributed by atoms with Crippen LogP contribution in [0.25, 0.3) is 11.0 Å². The lowest BCUT2D eigenvalue weighted by atomic mass is 9.94. The maximum Gasteiger partial charge on any atom is 0.334 e. The minimum absolute atomic E-state index is 0.0846. The highest BCUT2D eigenvalue weighted by atomic mass is 79.9. The molecule has 0 bridgehead atoms. The summed E-state index contributed by atoms with van der Waals surface area (Å²) in [6.45, 7) is 5.50. The van der Waals surface area contributed by atoms with Gasteiger partial charge in [-0.25, -0.2) is 9.59 Å². The van der Waals surface area contributed by atoms with Gasteiger partial charge in [-0.2, -0.15) is 0 Å². The number of halogens is 1. The SMILES string of the molecule is CCOC(=O)C(Br)(Cc1oc2ccccc2c1C(=O)c1ccc(CC)cc1)C(=O)OCC. The van der Waals surface area contributed by atoms with Gasteiger partial charge in [0.1, 0.15) is 11.3 Å². The largest absolute Gasteiger partial charge is 0.464 e. The van der Waals surface area contributed by atoms with Crippen LogP contribution < -0.4 is 0 Å². The Bertz CT molecular complexity index is 1110. The molecule has 0 amide bonds. The first-order chi connectivity index (χ1) is 15.3. The highest BCUT2D eigenvalue weighted by Gasteiger charge is 2.48. The number of carbonyl (C=O) groups is 3. The number of hydrogen-bond acceptors (Lipinski definition) is 6. The van der Waals surface area contributed by atoms with E-state index in [0.29, 0.717) is 22.1 Å². The quantitative estimate of drug-likeness (QED) is 0.177. The zero-order chi connectivity index (χ0) is 23.3. The van der Waals surface area contributed by atoms with Crippen molar-refractivity contribution in [3.8, 4) is 0 Å². The Balaban J connectivity index is 2.12. The van der Waals surface area contributed by atoms with Gasteiger partial charge in [-0.1, -0.05) is 65.3 Å². The molecule has 0 aliphatic rings. The van der Waals surface area contributed by atoms with Gasteiger partial charge in [-0.15, -0.1) is 0 Å². The molecular formula is C25H25BrO6. The van der Waals surface area contributed by atoms with E-state index in [4.69, 9.17) is 13.9 Å². The zero-order valence-electron chi connectivity index (χ0n) is 18.3. The molecule has 3 rings (SSSR count). The molecule has 1 heterocycles. The lowest BCUT2D eigenvalue weighted by Gasteiger charge is -2.22. The number of furan rings is 1. The van der Waals surface area contributed by atoms with Gasteiger partial charge < -0.3 is 13.9 Å². The second-order valence-corrected chi connectivity index (χ2v) is 8.55. The van der Waals surface area contributed by atoms with Gasteiger partial charge in [-0.3, -0.25) is 4.79 Å². The Morgan fingerprint density at radius 3 is 2.06 bits per heavy atom. The molecular weight excluding hydrogens is 476 g/mol. The first kappa shape index (κ1) is 23.7. The van der Waals surface area contributed by atoms with Crippen molar-refractivity contribution < 1.29 is 28.3 Å². The monoisotopic (exact) mass is 500 g/mol. The molecule has 0 aliphatic heterocycles. The number of esters is 2. The highest BCUT2D eigenvalue weighted by molar-refractivity contribution is 9.10. The predicted molar refractivity (Wildman–Crippen MR) is 124 cm³/mol. The second kappa shape index (κ2) is 10.1. The van der Waals surface area contributed by atoms with E-state index < -0.39 is 16.3 Å². The summed E-state index contributed by atoms with van der Waals surface area (Å²) in [6.07, 6.45) is 0.618. The standard InChI is InChI=1S/C25H25BrO6/c1-4-16-11-13-17(14-12-16)22(27)21-18-9-7-8-10-19(18)32-20(21)15-25(26,23(28)30-5-2)24(29)31-6-3/h7-14H,4-6,15H2,1-3H3. The molecule has 0 N–H and O–H groups in total. The van der Waals surface area contributed by atoms with E-state index >= 15 is 0 Å². The van der Waals surface area contributed by atoms with Gasteiger partial charge >= 0.3 is 11.9 Å². The normalized spacial score (nSPS) is 11.4. The Morgan fingerprint density at radius 2 is 1.50 bits per heavy atom. The van der Waals surface area contributed by atoms with Crippen LogP contribution in [-0.4, -0.2) is 35.3 Å². The van der Waals surface area contributed by atoms with E-state index in [1.165, 1.54) is 0 Å². The third-order valence-corrected chi connectivity index (χ3v) is 6.05. The smallest absolute Gasteiger partial charge is 0.334 e. The minimum atomic E-state index is -1.84. The van der Waals surface area contributed by atoms with Crippen LogP contribution in [0, 0.1) is 0 Å². The van der Waals surface area contributed by atoms with Gasteiger partial charge in [0.05, 0.1) is 18.8 Å². The van der Waals surface area contributed by atoms with Crippen LogP contribution in [0.1, 0.15) is 48.0 Å². The molecule has 32 heavy (non-hydrogen) atoms. The maximum absolute atomic E-state index is 13.5. The zero-order valence-corrected chi connectivity index (χ0v) is 19.9. The second-order valence-electron chi connectivity index (χ2n) is 7.19. The summed E-state index contributed by atoms with van der Waals surface area (Å²) in [4.78, 5) is 39.0. The predicted octanol–water partition coefficient (Wildman–Crippen LogP) is 5.03. The molecule has 3 aromatic rings. The van der Waals surface area contributed by atoms with Crippen LogP contribution in [-0.2, 0) is 31.9 Å². The van der Waals surface area contributed by atoms with E-state index in [1.54, 1.807) is 50.2 Å². The van der Waals surface area contributed by atoms with E-state index in [1.807, 2.05) is 19.1 Å². The highest BCUT2D eigenvalue weighted by Crippen LogP contribution is 2.35. The summed E-state index contributed by atoms with van der Waals surface area (Å²) in [6, 6.07) is 14.5. The molecule has 0 saturated heterocycles. The Kier molecular flexibility index (Phi) is 7.51. The van der Waals surface area contributed by atoms with E-state index in [2.05, 4.69) is 15.9 Å². The molecule has 0 atom stereocenters. The summed E-state index contributed by atoms with van der Waals surface area (Å²) >= 11 is 3.25. The van der Waals surface area contributed by atoms with E-state index in [0.717, 1.165) is 12.0 Å². The van der Waals surface area contributed by atoms with Crippen LogP contribution in [0.3, 0.4) is 0 Å². The number of rotatable bonds is 9. The molecule has 0 saturated carbocycles. The van der Waals surface area contributed by atoms with Crippen molar-refractivity contribution in [2.24, 2.45) is 0 Å². The average molecular weight is 501 g/mol. The Morgan fingerprint density at radius 1 is 0.906 bits per heavy atom. The molecule has 7 heteroatoms. The van der Waals surface area contributed by atoms with Crippen LogP contribution in [0.15, 0.2) is 52.9 Å². The van der Waals surface area contributed by atoms with Crippen molar-refractivity contribution in [3.63, 3.8) is 0 Å². The number of para-hydroxylation sites is 1. The molecule has 2 aromatic carbocycles. The van der Waals surface area contributed by atoms with Gasteiger partial charge in [0.2, 0.25) is 4.32 Å². The summed E-state index contributed by atoms with van der Waals surface area (Å²) < 4.78 is 14.4. The molecule has 0 aliphatic carbocycles. The van der Waals surface area contributed by atoms with Gasteiger partial charge in [-0.05, 0) is 31.9 Å². The first-order valence-electron chi connectivity index (χ1n) is 10.5. The number of carbonyl (C=O) groups excluding carboxylic acids is 3. The van der Waals surface area contributed by atoms with E-state index in [9.17, 15) is 14.4 Å². The summed E-state index contributed by atoms with van der Waals surface area (Å²) in [7, 11) is 0. The van der Waals surface area contributed by atoms with Crippen LogP contribution in [0.2, 0.25) is 0 Å². The number of hydrogen-bond donors (Lipinski definition) is 0. The lowest BCUT2D eigenvalue weighted by molar-refractivity contribution is -0.158. The fourth-order valence-electron chi connectivity index (χ4n) is 3.45. The number of ether oxygens (including phenoxy) is 2. The van der Waals surface area contributed by atoms with Gasteiger partial charge in [0.25, 0.3) is 0 Å². The number of ketones is 1. The molecule has 0 radical (unpaired) electrons. The van der Waals surface area contributed by atoms with Crippen molar-refractivity contribution in [1.82, 2.24) is 0 Å². The fourth-order valence-corrected chi connectivity index (χ4v) is 3.93. The average Bonchev–Trinajstić information content (AvgIpc) is 3.16. The summed E-state index contributed by atoms with van der Waals surface area (Å²) in [5.41, 5.74) is 2.39. The third-order valence-electron chi connectivity index (χ3n) is 5.12. The van der Waals surface area contributed by atoms with Crippen LogP contribution in [0.5, 0.6) is 0 Å². The molecule has 6 nitrogen and oxygen atoms in total. The van der Waals surface area contributed by atoms with Gasteiger partial charge in [0.15, 0.2) is 5.78 Å². The number of fused-ring (bicyclic) bond motifs is 1.